The monoisotopic (exact) mass is 419 g/mol. The zero-order valence-corrected chi connectivity index (χ0v) is 18.7. The van der Waals surface area contributed by atoms with E-state index in [1.54, 1.807) is 18.5 Å². The van der Waals surface area contributed by atoms with Crippen molar-refractivity contribution in [3.63, 3.8) is 0 Å². The fourth-order valence-corrected chi connectivity index (χ4v) is 4.02. The molecule has 1 fully saturated rings. The van der Waals surface area contributed by atoms with Crippen LogP contribution < -0.4 is 10.6 Å². The number of benzene rings is 1. The third-order valence-electron chi connectivity index (χ3n) is 5.85. The first kappa shape index (κ1) is 21.0. The minimum atomic E-state index is -0.533. The van der Waals surface area contributed by atoms with Gasteiger partial charge in [-0.25, -0.2) is 9.97 Å². The number of fused-ring (bicyclic) bond motifs is 1. The second-order valence-electron chi connectivity index (χ2n) is 10.2. The summed E-state index contributed by atoms with van der Waals surface area (Å²) in [7, 11) is 0. The summed E-state index contributed by atoms with van der Waals surface area (Å²) >= 11 is 0. The van der Waals surface area contributed by atoms with Gasteiger partial charge in [-0.3, -0.25) is 9.59 Å². The summed E-state index contributed by atoms with van der Waals surface area (Å²) in [6.07, 6.45) is 4.40. The fraction of sp³-hybridized carbons (Fsp3) is 0.417. The Morgan fingerprint density at radius 1 is 1.19 bits per heavy atom. The zero-order valence-electron chi connectivity index (χ0n) is 18.7. The van der Waals surface area contributed by atoms with E-state index < -0.39 is 11.3 Å². The van der Waals surface area contributed by atoms with E-state index in [2.05, 4.69) is 28.7 Å². The molecule has 4 rings (SSSR count). The van der Waals surface area contributed by atoms with Crippen molar-refractivity contribution in [2.45, 2.75) is 41.0 Å². The lowest BCUT2D eigenvalue weighted by molar-refractivity contribution is 0.0859. The molecule has 1 amide bonds. The van der Waals surface area contributed by atoms with E-state index in [-0.39, 0.29) is 11.2 Å². The first-order chi connectivity index (χ1) is 14.4. The van der Waals surface area contributed by atoms with Crippen LogP contribution in [-0.2, 0) is 0 Å². The topological polar surface area (TPSA) is 105 Å². The molecule has 162 valence electrons. The first-order valence-electron chi connectivity index (χ1n) is 10.5. The molecule has 0 radical (unpaired) electrons. The molecule has 3 heterocycles. The Hall–Kier alpha value is -3.22. The summed E-state index contributed by atoms with van der Waals surface area (Å²) < 4.78 is 0. The summed E-state index contributed by atoms with van der Waals surface area (Å²) in [6.45, 7) is 11.9. The van der Waals surface area contributed by atoms with Gasteiger partial charge in [-0.2, -0.15) is 0 Å². The van der Waals surface area contributed by atoms with Crippen molar-refractivity contribution in [1.29, 1.82) is 0 Å². The average Bonchev–Trinajstić information content (AvgIpc) is 3.28. The van der Waals surface area contributed by atoms with Crippen LogP contribution in [0.2, 0.25) is 0 Å². The normalized spacial score (nSPS) is 16.1. The number of primary amides is 1. The van der Waals surface area contributed by atoms with Gasteiger partial charge in [0.15, 0.2) is 11.4 Å². The summed E-state index contributed by atoms with van der Waals surface area (Å²) in [6, 6.07) is 5.59. The highest BCUT2D eigenvalue weighted by atomic mass is 16.1. The number of rotatable bonds is 4. The van der Waals surface area contributed by atoms with Crippen molar-refractivity contribution in [2.24, 2.45) is 16.6 Å². The van der Waals surface area contributed by atoms with Crippen molar-refractivity contribution in [2.75, 3.05) is 18.0 Å². The standard InChI is InChI=1S/C24H29N5O2/c1-23(2,3)20(30)17-11-26-22-19(17)28-18(12-27-22)14-8-15(21(25)31)10-16(9-14)29-7-6-24(4,5)13-29/h8-12H,6-7,13H2,1-5H3,(H2,25,31)(H,26,27). The molecule has 0 atom stereocenters. The maximum Gasteiger partial charge on any atom is 0.248 e. The molecule has 31 heavy (non-hydrogen) atoms. The lowest BCUT2D eigenvalue weighted by Crippen LogP contribution is -2.23. The maximum absolute atomic E-state index is 12.9. The number of aromatic amines is 1. The van der Waals surface area contributed by atoms with Crippen LogP contribution in [0.3, 0.4) is 0 Å². The number of hydrogen-bond acceptors (Lipinski definition) is 5. The Morgan fingerprint density at radius 3 is 2.55 bits per heavy atom. The van der Waals surface area contributed by atoms with E-state index >= 15 is 0 Å². The molecule has 1 aliphatic heterocycles. The number of nitrogens with one attached hydrogen (secondary N) is 1. The molecule has 0 aliphatic carbocycles. The van der Waals surface area contributed by atoms with Gasteiger partial charge in [-0.15, -0.1) is 0 Å². The van der Waals surface area contributed by atoms with Gasteiger partial charge >= 0.3 is 0 Å². The van der Waals surface area contributed by atoms with E-state index in [9.17, 15) is 9.59 Å². The molecule has 0 unspecified atom stereocenters. The van der Waals surface area contributed by atoms with Crippen LogP contribution in [0.5, 0.6) is 0 Å². The van der Waals surface area contributed by atoms with Crippen molar-refractivity contribution in [3.8, 4) is 11.3 Å². The van der Waals surface area contributed by atoms with Crippen molar-refractivity contribution in [3.05, 3.63) is 41.7 Å². The van der Waals surface area contributed by atoms with Crippen LogP contribution in [-0.4, -0.2) is 39.7 Å². The number of hydrogen-bond donors (Lipinski definition) is 2. The van der Waals surface area contributed by atoms with Gasteiger partial charge in [0.2, 0.25) is 5.91 Å². The Kier molecular flexibility index (Phi) is 4.87. The van der Waals surface area contributed by atoms with E-state index in [4.69, 9.17) is 10.7 Å². The SMILES string of the molecule is CC1(C)CCN(c2cc(C(N)=O)cc(-c3cnc4[nH]cc(C(=O)C(C)(C)C)c4n3)c2)C1. The lowest BCUT2D eigenvalue weighted by atomic mass is 9.87. The van der Waals surface area contributed by atoms with Crippen LogP contribution in [0.4, 0.5) is 5.69 Å². The smallest absolute Gasteiger partial charge is 0.248 e. The highest BCUT2D eigenvalue weighted by Gasteiger charge is 2.30. The van der Waals surface area contributed by atoms with Gasteiger partial charge in [0.1, 0.15) is 5.52 Å². The van der Waals surface area contributed by atoms with Crippen LogP contribution in [0, 0.1) is 10.8 Å². The highest BCUT2D eigenvalue weighted by Crippen LogP contribution is 2.35. The van der Waals surface area contributed by atoms with Gasteiger partial charge in [0, 0.05) is 41.5 Å². The molecule has 7 nitrogen and oxygen atoms in total. The highest BCUT2D eigenvalue weighted by molar-refractivity contribution is 6.08. The van der Waals surface area contributed by atoms with Gasteiger partial charge < -0.3 is 15.6 Å². The van der Waals surface area contributed by atoms with Crippen LogP contribution >= 0.6 is 0 Å². The number of carbonyl (C=O) groups excluding carboxylic acids is 2. The number of ketones is 1. The maximum atomic E-state index is 12.9. The Balaban J connectivity index is 1.82. The molecule has 2 aromatic heterocycles. The van der Waals surface area contributed by atoms with Crippen molar-refractivity contribution < 1.29 is 9.59 Å². The molecule has 3 aromatic rings. The summed E-state index contributed by atoms with van der Waals surface area (Å²) in [5, 5.41) is 0. The van der Waals surface area contributed by atoms with Crippen LogP contribution in [0.15, 0.2) is 30.6 Å². The number of Topliss-reactive ketones (excluding diaryl/α,β-unsaturated/α-hetero) is 1. The number of nitrogens with two attached hydrogens (primary N) is 1. The summed E-state index contributed by atoms with van der Waals surface area (Å²) in [5.74, 6) is -0.489. The zero-order chi connectivity index (χ0) is 22.6. The molecule has 7 heteroatoms. The van der Waals surface area contributed by atoms with Gasteiger partial charge in [0.05, 0.1) is 17.5 Å². The number of anilines is 1. The predicted molar refractivity (Wildman–Crippen MR) is 122 cm³/mol. The molecule has 1 aliphatic rings. The Bertz CT molecular complexity index is 1190. The van der Waals surface area contributed by atoms with E-state index in [0.717, 1.165) is 30.8 Å². The second-order valence-corrected chi connectivity index (χ2v) is 10.2. The van der Waals surface area contributed by atoms with Crippen LogP contribution in [0.1, 0.15) is 61.8 Å². The van der Waals surface area contributed by atoms with Gasteiger partial charge in [-0.05, 0) is 30.0 Å². The molecule has 1 aromatic carbocycles. The minimum Gasteiger partial charge on any atom is -0.371 e. The van der Waals surface area contributed by atoms with Crippen LogP contribution in [0.25, 0.3) is 22.4 Å². The average molecular weight is 420 g/mol. The third kappa shape index (κ3) is 4.04. The fourth-order valence-electron chi connectivity index (χ4n) is 4.02. The Morgan fingerprint density at radius 2 is 1.94 bits per heavy atom. The van der Waals surface area contributed by atoms with Crippen molar-refractivity contribution >= 4 is 28.5 Å². The van der Waals surface area contributed by atoms with Crippen molar-refractivity contribution in [1.82, 2.24) is 15.0 Å². The number of aromatic nitrogens is 3. The molecule has 3 N–H and O–H groups in total. The minimum absolute atomic E-state index is 0.00364. The summed E-state index contributed by atoms with van der Waals surface area (Å²) in [5.41, 5.74) is 9.64. The quantitative estimate of drug-likeness (QED) is 0.617. The largest absolute Gasteiger partial charge is 0.371 e. The van der Waals surface area contributed by atoms with E-state index in [1.807, 2.05) is 32.9 Å². The molecular formula is C24H29N5O2. The molecule has 0 saturated carbocycles. The number of H-pyrrole nitrogens is 1. The molecule has 1 saturated heterocycles. The lowest BCUT2D eigenvalue weighted by Gasteiger charge is -2.22. The van der Waals surface area contributed by atoms with Gasteiger partial charge in [-0.1, -0.05) is 34.6 Å². The predicted octanol–water partition coefficient (Wildman–Crippen LogP) is 4.19. The molecular weight excluding hydrogens is 390 g/mol. The molecule has 0 spiro atoms. The second kappa shape index (κ2) is 7.18. The first-order valence-corrected chi connectivity index (χ1v) is 10.5. The number of nitrogens with zero attached hydrogens (tertiary/aromatic N) is 3. The number of carbonyl (C=O) groups is 2. The van der Waals surface area contributed by atoms with Gasteiger partial charge in [0.25, 0.3) is 0 Å². The van der Waals surface area contributed by atoms with E-state index in [1.165, 1.54) is 0 Å². The molecule has 0 bridgehead atoms. The van der Waals surface area contributed by atoms with E-state index in [0.29, 0.717) is 28.0 Å². The summed E-state index contributed by atoms with van der Waals surface area (Å²) in [4.78, 5) is 39.4. The Labute approximate surface area is 182 Å². The third-order valence-corrected chi connectivity index (χ3v) is 5.85. The number of amides is 1.